The minimum absolute atomic E-state index is 0.154. The van der Waals surface area contributed by atoms with Crippen LogP contribution in [0, 0.1) is 11.8 Å². The molecule has 0 unspecified atom stereocenters. The van der Waals surface area contributed by atoms with Gasteiger partial charge in [0.1, 0.15) is 5.56 Å². The Hall–Kier alpha value is -4.15. The van der Waals surface area contributed by atoms with Crippen molar-refractivity contribution in [3.63, 3.8) is 0 Å². The SMILES string of the molecule is CC#Cc1ccc2sc([C@@H](C)NC(=O)c3c(N)nn4cccnc34)c(-c3ccccc3)c2c1. The maximum Gasteiger partial charge on any atom is 0.259 e. The van der Waals surface area contributed by atoms with Crippen LogP contribution in [0.2, 0.25) is 0 Å². The molecule has 1 amide bonds. The van der Waals surface area contributed by atoms with Crippen molar-refractivity contribution < 1.29 is 4.79 Å². The van der Waals surface area contributed by atoms with Gasteiger partial charge in [-0.15, -0.1) is 22.4 Å². The molecule has 0 saturated heterocycles. The Morgan fingerprint density at radius 1 is 1.18 bits per heavy atom. The van der Waals surface area contributed by atoms with Gasteiger partial charge in [-0.2, -0.15) is 0 Å². The van der Waals surface area contributed by atoms with Crippen LogP contribution in [0.4, 0.5) is 5.82 Å². The molecule has 33 heavy (non-hydrogen) atoms. The number of hydrogen-bond donors (Lipinski definition) is 2. The largest absolute Gasteiger partial charge is 0.381 e. The average molecular weight is 452 g/mol. The molecular weight excluding hydrogens is 430 g/mol. The van der Waals surface area contributed by atoms with Crippen LogP contribution in [0.3, 0.4) is 0 Å². The molecule has 162 valence electrons. The molecule has 0 saturated carbocycles. The van der Waals surface area contributed by atoms with E-state index in [1.807, 2.05) is 38.1 Å². The van der Waals surface area contributed by atoms with Gasteiger partial charge in [0.05, 0.1) is 6.04 Å². The number of nitrogens with one attached hydrogen (secondary N) is 1. The Balaban J connectivity index is 1.59. The smallest absolute Gasteiger partial charge is 0.259 e. The van der Waals surface area contributed by atoms with Crippen LogP contribution in [-0.4, -0.2) is 20.5 Å². The molecule has 0 spiro atoms. The normalized spacial score (nSPS) is 11.8. The Labute approximate surface area is 195 Å². The molecule has 2 aromatic carbocycles. The first kappa shape index (κ1) is 20.7. The van der Waals surface area contributed by atoms with Crippen LogP contribution >= 0.6 is 11.3 Å². The first-order valence-corrected chi connectivity index (χ1v) is 11.3. The van der Waals surface area contributed by atoms with Gasteiger partial charge >= 0.3 is 0 Å². The molecule has 1 atom stereocenters. The first-order chi connectivity index (χ1) is 16.1. The monoisotopic (exact) mass is 451 g/mol. The minimum atomic E-state index is -0.303. The lowest BCUT2D eigenvalue weighted by atomic mass is 9.98. The first-order valence-electron chi connectivity index (χ1n) is 10.5. The number of carbonyl (C=O) groups excluding carboxylic acids is 1. The Morgan fingerprint density at radius 2 is 2.00 bits per heavy atom. The molecule has 6 nitrogen and oxygen atoms in total. The molecule has 0 aliphatic rings. The summed E-state index contributed by atoms with van der Waals surface area (Å²) in [5.74, 6) is 5.97. The lowest BCUT2D eigenvalue weighted by Gasteiger charge is -2.15. The number of nitrogens with zero attached hydrogens (tertiary/aromatic N) is 3. The fourth-order valence-electron chi connectivity index (χ4n) is 4.00. The molecule has 0 aliphatic carbocycles. The second-order valence-electron chi connectivity index (χ2n) is 7.64. The molecule has 0 radical (unpaired) electrons. The number of rotatable bonds is 4. The molecule has 3 aromatic heterocycles. The van der Waals surface area contributed by atoms with Crippen LogP contribution in [-0.2, 0) is 0 Å². The standard InChI is InChI=1S/C26H21N5OS/c1-3-8-17-11-12-20-19(15-17)21(18-9-5-4-6-10-18)23(33-20)16(2)29-26(32)22-24(27)30-31-14-7-13-28-25(22)31/h4-7,9-16H,1-2H3,(H2,27,30)(H,29,32)/t16-/m1/s1. The van der Waals surface area contributed by atoms with Gasteiger partial charge in [-0.05, 0) is 43.7 Å². The average Bonchev–Trinajstić information content (AvgIpc) is 3.36. The summed E-state index contributed by atoms with van der Waals surface area (Å²) in [7, 11) is 0. The van der Waals surface area contributed by atoms with E-state index in [0.717, 1.165) is 31.7 Å². The zero-order valence-corrected chi connectivity index (χ0v) is 19.0. The summed E-state index contributed by atoms with van der Waals surface area (Å²) in [5.41, 5.74) is 9.94. The van der Waals surface area contributed by atoms with Crippen molar-refractivity contribution >= 4 is 38.8 Å². The number of aromatic nitrogens is 3. The van der Waals surface area contributed by atoms with Crippen molar-refractivity contribution in [1.29, 1.82) is 0 Å². The van der Waals surface area contributed by atoms with Gasteiger partial charge in [-0.25, -0.2) is 9.50 Å². The van der Waals surface area contributed by atoms with E-state index in [9.17, 15) is 4.79 Å². The summed E-state index contributed by atoms with van der Waals surface area (Å²) in [6.45, 7) is 3.82. The van der Waals surface area contributed by atoms with Gasteiger partial charge in [0, 0.05) is 38.5 Å². The number of anilines is 1. The van der Waals surface area contributed by atoms with Crippen LogP contribution in [0.25, 0.3) is 26.9 Å². The fraction of sp³-hybridized carbons (Fsp3) is 0.115. The minimum Gasteiger partial charge on any atom is -0.381 e. The number of thiophene rings is 1. The predicted molar refractivity (Wildman–Crippen MR) is 133 cm³/mol. The topological polar surface area (TPSA) is 85.3 Å². The second-order valence-corrected chi connectivity index (χ2v) is 8.72. The Bertz CT molecular complexity index is 1560. The zero-order chi connectivity index (χ0) is 22.9. The van der Waals surface area contributed by atoms with Crippen LogP contribution in [0.15, 0.2) is 67.0 Å². The van der Waals surface area contributed by atoms with E-state index in [-0.39, 0.29) is 23.3 Å². The van der Waals surface area contributed by atoms with Crippen molar-refractivity contribution in [2.45, 2.75) is 19.9 Å². The van der Waals surface area contributed by atoms with Gasteiger partial charge in [-0.1, -0.05) is 36.3 Å². The summed E-state index contributed by atoms with van der Waals surface area (Å²) in [6, 6.07) is 17.9. The quantitative estimate of drug-likeness (QED) is 0.374. The number of amides is 1. The summed E-state index contributed by atoms with van der Waals surface area (Å²) in [5, 5.41) is 8.44. The number of nitrogens with two attached hydrogens (primary N) is 1. The van der Waals surface area contributed by atoms with Crippen molar-refractivity contribution in [3.8, 4) is 23.0 Å². The third-order valence-corrected chi connectivity index (χ3v) is 6.79. The molecule has 5 aromatic rings. The summed E-state index contributed by atoms with van der Waals surface area (Å²) < 4.78 is 2.66. The molecule has 0 bridgehead atoms. The van der Waals surface area contributed by atoms with E-state index in [1.165, 1.54) is 4.52 Å². The maximum absolute atomic E-state index is 13.2. The van der Waals surface area contributed by atoms with Crippen LogP contribution in [0.1, 0.15) is 40.7 Å². The van der Waals surface area contributed by atoms with E-state index in [2.05, 4.69) is 51.5 Å². The molecular formula is C26H21N5OS. The third kappa shape index (κ3) is 3.71. The highest BCUT2D eigenvalue weighted by Gasteiger charge is 2.24. The van der Waals surface area contributed by atoms with Crippen molar-refractivity contribution in [3.05, 3.63) is 83.0 Å². The third-order valence-electron chi connectivity index (χ3n) is 5.44. The number of fused-ring (bicyclic) bond motifs is 2. The predicted octanol–water partition coefficient (Wildman–Crippen LogP) is 5.06. The number of carbonyl (C=O) groups is 1. The molecule has 5 rings (SSSR count). The highest BCUT2D eigenvalue weighted by molar-refractivity contribution is 7.19. The van der Waals surface area contributed by atoms with E-state index in [0.29, 0.717) is 5.65 Å². The Kier molecular flexibility index (Phi) is 5.29. The van der Waals surface area contributed by atoms with Gasteiger partial charge < -0.3 is 11.1 Å². The lowest BCUT2D eigenvalue weighted by molar-refractivity contribution is 0.0943. The summed E-state index contributed by atoms with van der Waals surface area (Å²) in [6.07, 6.45) is 3.34. The van der Waals surface area contributed by atoms with Crippen molar-refractivity contribution in [1.82, 2.24) is 19.9 Å². The van der Waals surface area contributed by atoms with Crippen LogP contribution < -0.4 is 11.1 Å². The van der Waals surface area contributed by atoms with E-state index < -0.39 is 0 Å². The van der Waals surface area contributed by atoms with Crippen molar-refractivity contribution in [2.75, 3.05) is 5.73 Å². The highest BCUT2D eigenvalue weighted by atomic mass is 32.1. The second kappa shape index (κ2) is 8.41. The number of benzene rings is 2. The molecule has 0 fully saturated rings. The fourth-order valence-corrected chi connectivity index (χ4v) is 5.21. The van der Waals surface area contributed by atoms with Gasteiger partial charge in [-0.3, -0.25) is 4.79 Å². The van der Waals surface area contributed by atoms with Gasteiger partial charge in [0.15, 0.2) is 11.5 Å². The molecule has 3 heterocycles. The van der Waals surface area contributed by atoms with Gasteiger partial charge in [0.25, 0.3) is 5.91 Å². The zero-order valence-electron chi connectivity index (χ0n) is 18.2. The summed E-state index contributed by atoms with van der Waals surface area (Å²) in [4.78, 5) is 18.6. The van der Waals surface area contributed by atoms with E-state index in [4.69, 9.17) is 5.73 Å². The highest BCUT2D eigenvalue weighted by Crippen LogP contribution is 2.42. The number of nitrogen functional groups attached to an aromatic ring is 1. The molecule has 7 heteroatoms. The molecule has 0 aliphatic heterocycles. The summed E-state index contributed by atoms with van der Waals surface area (Å²) >= 11 is 1.67. The van der Waals surface area contributed by atoms with Crippen molar-refractivity contribution in [2.24, 2.45) is 0 Å². The maximum atomic E-state index is 13.2. The molecule has 3 N–H and O–H groups in total. The van der Waals surface area contributed by atoms with E-state index >= 15 is 0 Å². The number of hydrogen-bond acceptors (Lipinski definition) is 5. The lowest BCUT2D eigenvalue weighted by Crippen LogP contribution is -2.27. The Morgan fingerprint density at radius 3 is 2.79 bits per heavy atom. The van der Waals surface area contributed by atoms with Crippen LogP contribution in [0.5, 0.6) is 0 Å². The van der Waals surface area contributed by atoms with Gasteiger partial charge in [0.2, 0.25) is 0 Å². The van der Waals surface area contributed by atoms with E-state index in [1.54, 1.807) is 29.8 Å².